The van der Waals surface area contributed by atoms with Gasteiger partial charge >= 0.3 is 0 Å². The average molecular weight is 130 g/mol. The maximum Gasteiger partial charge on any atom is 0.164 e. The van der Waals surface area contributed by atoms with Gasteiger partial charge in [-0.05, 0) is 6.07 Å². The molecule has 42 valence electrons. The lowest BCUT2D eigenvalue weighted by atomic mass is 10.5. The summed E-state index contributed by atoms with van der Waals surface area (Å²) in [6, 6.07) is 1.59. The molecule has 0 radical (unpaired) electrons. The largest absolute Gasteiger partial charge is 0.381 e. The molecule has 0 aliphatic carbocycles. The molecule has 0 aliphatic rings. The number of hydrogen-bond donors (Lipinski definition) is 1. The van der Waals surface area contributed by atoms with E-state index < -0.39 is 0 Å². The van der Waals surface area contributed by atoms with Gasteiger partial charge in [-0.1, -0.05) is 11.6 Å². The third-order valence-electron chi connectivity index (χ3n) is 0.698. The van der Waals surface area contributed by atoms with Gasteiger partial charge in [0.25, 0.3) is 0 Å². The second-order valence-electron chi connectivity index (χ2n) is 1.26. The van der Waals surface area contributed by atoms with Crippen molar-refractivity contribution in [3.8, 4) is 0 Å². The normalized spacial score (nSPS) is 9.12. The predicted molar refractivity (Wildman–Crippen MR) is 31.5 cm³/mol. The Kier molecular flexibility index (Phi) is 1.30. The molecule has 1 heterocycles. The van der Waals surface area contributed by atoms with Crippen molar-refractivity contribution in [1.29, 1.82) is 0 Å². The van der Waals surface area contributed by atoms with E-state index in [4.69, 9.17) is 17.3 Å². The van der Waals surface area contributed by atoms with E-state index in [0.717, 1.165) is 0 Å². The number of nitrogen functional groups attached to an aromatic ring is 1. The lowest BCUT2D eigenvalue weighted by Crippen LogP contribution is -1.91. The molecular formula is C4H4ClN3. The summed E-state index contributed by atoms with van der Waals surface area (Å²) >= 11 is 5.48. The zero-order valence-corrected chi connectivity index (χ0v) is 4.76. The van der Waals surface area contributed by atoms with Crippen molar-refractivity contribution < 1.29 is 0 Å². The molecule has 0 aromatic carbocycles. The number of nitrogens with zero attached hydrogens (tertiary/aromatic N) is 2. The van der Waals surface area contributed by atoms with Crippen LogP contribution in [0, 0.1) is 0 Å². The quantitative estimate of drug-likeness (QED) is 0.562. The van der Waals surface area contributed by atoms with Gasteiger partial charge in [-0.15, -0.1) is 5.10 Å². The second-order valence-corrected chi connectivity index (χ2v) is 1.67. The van der Waals surface area contributed by atoms with Crippen molar-refractivity contribution in [2.75, 3.05) is 5.73 Å². The Morgan fingerprint density at radius 3 is 2.75 bits per heavy atom. The minimum absolute atomic E-state index is 0.272. The number of nitrogens with two attached hydrogens (primary N) is 1. The van der Waals surface area contributed by atoms with E-state index >= 15 is 0 Å². The van der Waals surface area contributed by atoms with Gasteiger partial charge in [0.05, 0.1) is 11.2 Å². The van der Waals surface area contributed by atoms with Crippen molar-refractivity contribution in [2.24, 2.45) is 0 Å². The van der Waals surface area contributed by atoms with Crippen LogP contribution in [-0.2, 0) is 0 Å². The highest BCUT2D eigenvalue weighted by molar-refractivity contribution is 6.32. The van der Waals surface area contributed by atoms with E-state index in [1.807, 2.05) is 0 Å². The summed E-state index contributed by atoms with van der Waals surface area (Å²) in [5.41, 5.74) is 5.21. The number of rotatable bonds is 0. The van der Waals surface area contributed by atoms with Crippen LogP contribution in [0.2, 0.25) is 5.02 Å². The fraction of sp³-hybridized carbons (Fsp3) is 0. The fourth-order valence-electron chi connectivity index (χ4n) is 0.327. The van der Waals surface area contributed by atoms with Crippen LogP contribution in [0.1, 0.15) is 0 Å². The predicted octanol–water partition coefficient (Wildman–Crippen LogP) is 0.712. The third kappa shape index (κ3) is 0.869. The molecule has 4 heteroatoms. The maximum atomic E-state index is 5.48. The molecule has 0 saturated carbocycles. The zero-order valence-electron chi connectivity index (χ0n) is 4.00. The maximum absolute atomic E-state index is 5.48. The van der Waals surface area contributed by atoms with Crippen LogP contribution in [0.4, 0.5) is 5.82 Å². The standard InChI is InChI=1S/C4H4ClN3/c5-3-1-2-7-8-4(3)6/h1-2H,(H2,6,8). The summed E-state index contributed by atoms with van der Waals surface area (Å²) < 4.78 is 0. The first kappa shape index (κ1) is 5.31. The van der Waals surface area contributed by atoms with E-state index in [9.17, 15) is 0 Å². The van der Waals surface area contributed by atoms with Gasteiger partial charge in [-0.25, -0.2) is 0 Å². The van der Waals surface area contributed by atoms with Gasteiger partial charge in [-0.2, -0.15) is 5.10 Å². The lowest BCUT2D eigenvalue weighted by molar-refractivity contribution is 1.04. The summed E-state index contributed by atoms with van der Waals surface area (Å²) in [5, 5.41) is 7.40. The zero-order chi connectivity index (χ0) is 5.98. The molecule has 3 nitrogen and oxygen atoms in total. The lowest BCUT2D eigenvalue weighted by Gasteiger charge is -1.88. The second kappa shape index (κ2) is 1.96. The summed E-state index contributed by atoms with van der Waals surface area (Å²) in [6.07, 6.45) is 1.48. The van der Waals surface area contributed by atoms with Gasteiger partial charge < -0.3 is 5.73 Å². The number of aromatic nitrogens is 2. The van der Waals surface area contributed by atoms with E-state index in [0.29, 0.717) is 5.02 Å². The Balaban J connectivity index is 3.13. The molecule has 0 saturated heterocycles. The summed E-state index contributed by atoms with van der Waals surface area (Å²) in [5.74, 6) is 0.272. The molecular weight excluding hydrogens is 126 g/mol. The Labute approximate surface area is 51.5 Å². The van der Waals surface area contributed by atoms with Crippen LogP contribution < -0.4 is 5.73 Å². The van der Waals surface area contributed by atoms with Crippen molar-refractivity contribution >= 4 is 17.4 Å². The molecule has 0 unspecified atom stereocenters. The highest BCUT2D eigenvalue weighted by Crippen LogP contribution is 2.10. The number of anilines is 1. The summed E-state index contributed by atoms with van der Waals surface area (Å²) in [6.45, 7) is 0. The Morgan fingerprint density at radius 2 is 2.38 bits per heavy atom. The van der Waals surface area contributed by atoms with E-state index in [1.165, 1.54) is 6.20 Å². The van der Waals surface area contributed by atoms with Crippen molar-refractivity contribution in [3.05, 3.63) is 17.3 Å². The molecule has 0 spiro atoms. The van der Waals surface area contributed by atoms with Crippen LogP contribution in [0.5, 0.6) is 0 Å². The summed E-state index contributed by atoms with van der Waals surface area (Å²) in [4.78, 5) is 0. The Bertz CT molecular complexity index is 167. The van der Waals surface area contributed by atoms with E-state index in [-0.39, 0.29) is 5.82 Å². The average Bonchev–Trinajstić information content (AvgIpc) is 1.77. The molecule has 0 amide bonds. The van der Waals surface area contributed by atoms with Gasteiger partial charge in [0.1, 0.15) is 0 Å². The van der Waals surface area contributed by atoms with Crippen LogP contribution >= 0.6 is 11.6 Å². The molecule has 0 bridgehead atoms. The van der Waals surface area contributed by atoms with Gasteiger partial charge in [0.15, 0.2) is 5.82 Å². The molecule has 0 fully saturated rings. The highest BCUT2D eigenvalue weighted by Gasteiger charge is 1.90. The fourth-order valence-corrected chi connectivity index (χ4v) is 0.422. The minimum Gasteiger partial charge on any atom is -0.381 e. The van der Waals surface area contributed by atoms with E-state index in [1.54, 1.807) is 6.07 Å². The minimum atomic E-state index is 0.272. The Morgan fingerprint density at radius 1 is 1.62 bits per heavy atom. The van der Waals surface area contributed by atoms with Crippen molar-refractivity contribution in [3.63, 3.8) is 0 Å². The first-order valence-electron chi connectivity index (χ1n) is 2.03. The Hall–Kier alpha value is -0.830. The molecule has 1 aromatic heterocycles. The SMILES string of the molecule is Nc1nnccc1Cl. The van der Waals surface area contributed by atoms with Crippen molar-refractivity contribution in [1.82, 2.24) is 10.2 Å². The van der Waals surface area contributed by atoms with Crippen molar-refractivity contribution in [2.45, 2.75) is 0 Å². The van der Waals surface area contributed by atoms with Gasteiger partial charge in [-0.3, -0.25) is 0 Å². The topological polar surface area (TPSA) is 51.8 Å². The monoisotopic (exact) mass is 129 g/mol. The smallest absolute Gasteiger partial charge is 0.164 e. The molecule has 2 N–H and O–H groups in total. The van der Waals surface area contributed by atoms with Crippen LogP contribution in [0.3, 0.4) is 0 Å². The van der Waals surface area contributed by atoms with Gasteiger partial charge in [0, 0.05) is 0 Å². The van der Waals surface area contributed by atoms with E-state index in [2.05, 4.69) is 10.2 Å². The molecule has 0 aliphatic heterocycles. The third-order valence-corrected chi connectivity index (χ3v) is 1.02. The van der Waals surface area contributed by atoms with Crippen LogP contribution in [-0.4, -0.2) is 10.2 Å². The van der Waals surface area contributed by atoms with Crippen LogP contribution in [0.25, 0.3) is 0 Å². The first-order chi connectivity index (χ1) is 3.80. The number of hydrogen-bond acceptors (Lipinski definition) is 3. The van der Waals surface area contributed by atoms with Crippen LogP contribution in [0.15, 0.2) is 12.3 Å². The first-order valence-corrected chi connectivity index (χ1v) is 2.41. The number of halogens is 1. The highest BCUT2D eigenvalue weighted by atomic mass is 35.5. The molecule has 1 rings (SSSR count). The summed E-state index contributed by atoms with van der Waals surface area (Å²) in [7, 11) is 0. The molecule has 1 aromatic rings. The molecule has 0 atom stereocenters. The molecule has 8 heavy (non-hydrogen) atoms. The van der Waals surface area contributed by atoms with Gasteiger partial charge in [0.2, 0.25) is 0 Å².